The molecule has 20 heavy (non-hydrogen) atoms. The Morgan fingerprint density at radius 1 is 1.40 bits per heavy atom. The Hall–Kier alpha value is -2.56. The van der Waals surface area contributed by atoms with Crippen LogP contribution in [0.15, 0.2) is 33.8 Å². The molecule has 2 aromatic rings. The van der Waals surface area contributed by atoms with Crippen LogP contribution in [0, 0.1) is 0 Å². The van der Waals surface area contributed by atoms with E-state index >= 15 is 0 Å². The number of aromatic nitrogens is 1. The second-order valence-corrected chi connectivity index (χ2v) is 5.01. The van der Waals surface area contributed by atoms with Crippen LogP contribution in [0.5, 0.6) is 5.75 Å². The van der Waals surface area contributed by atoms with Crippen molar-refractivity contribution >= 4 is 29.6 Å². The first-order valence-corrected chi connectivity index (χ1v) is 6.60. The number of nitrogens with one attached hydrogen (secondary N) is 1. The summed E-state index contributed by atoms with van der Waals surface area (Å²) in [6, 6.07) is 5.91. The summed E-state index contributed by atoms with van der Waals surface area (Å²) in [7, 11) is 0. The van der Waals surface area contributed by atoms with Crippen molar-refractivity contribution < 1.29 is 9.52 Å². The van der Waals surface area contributed by atoms with Gasteiger partial charge in [0.15, 0.2) is 23.2 Å². The monoisotopic (exact) mass is 267 g/mol. The Bertz CT molecular complexity index is 726. The summed E-state index contributed by atoms with van der Waals surface area (Å²) in [4.78, 5) is 8.41. The minimum absolute atomic E-state index is 0.131. The molecule has 0 bridgehead atoms. The van der Waals surface area contributed by atoms with Gasteiger partial charge in [-0.3, -0.25) is 0 Å². The minimum atomic E-state index is 0.131. The van der Waals surface area contributed by atoms with Crippen molar-refractivity contribution in [2.45, 2.75) is 18.9 Å². The molecule has 2 aliphatic rings. The summed E-state index contributed by atoms with van der Waals surface area (Å²) in [6.07, 6.45) is 7.53. The van der Waals surface area contributed by atoms with Crippen molar-refractivity contribution in [1.82, 2.24) is 4.98 Å². The molecule has 1 fully saturated rings. The predicted octanol–water partition coefficient (Wildman–Crippen LogP) is 3.21. The molecule has 0 atom stereocenters. The molecule has 0 amide bonds. The van der Waals surface area contributed by atoms with Gasteiger partial charge in [0.25, 0.3) is 0 Å². The van der Waals surface area contributed by atoms with E-state index in [2.05, 4.69) is 15.3 Å². The lowest BCUT2D eigenvalue weighted by Crippen LogP contribution is -1.98. The Labute approximate surface area is 115 Å². The van der Waals surface area contributed by atoms with E-state index in [1.165, 1.54) is 0 Å². The Morgan fingerprint density at radius 3 is 3.15 bits per heavy atom. The van der Waals surface area contributed by atoms with Crippen molar-refractivity contribution in [2.75, 3.05) is 5.32 Å². The first-order chi connectivity index (χ1) is 9.79. The van der Waals surface area contributed by atoms with Crippen molar-refractivity contribution in [3.05, 3.63) is 35.7 Å². The van der Waals surface area contributed by atoms with E-state index in [9.17, 15) is 5.11 Å². The van der Waals surface area contributed by atoms with E-state index < -0.39 is 0 Å². The van der Waals surface area contributed by atoms with Crippen molar-refractivity contribution in [1.29, 1.82) is 0 Å². The van der Waals surface area contributed by atoms with Crippen LogP contribution in [-0.4, -0.2) is 22.3 Å². The number of aromatic hydroxyl groups is 1. The van der Waals surface area contributed by atoms with Gasteiger partial charge in [-0.25, -0.2) is 9.98 Å². The SMILES string of the molecule is Oc1cc(NC2CC2)oc1C=C1C=Nc2ncccc21. The van der Waals surface area contributed by atoms with Gasteiger partial charge >= 0.3 is 0 Å². The fraction of sp³-hybridized carbons (Fsp3) is 0.200. The van der Waals surface area contributed by atoms with E-state index in [-0.39, 0.29) is 5.75 Å². The van der Waals surface area contributed by atoms with E-state index in [0.717, 1.165) is 24.0 Å². The van der Waals surface area contributed by atoms with Crippen LogP contribution < -0.4 is 5.32 Å². The van der Waals surface area contributed by atoms with E-state index in [4.69, 9.17) is 4.42 Å². The number of pyridine rings is 1. The largest absolute Gasteiger partial charge is 0.504 e. The maximum Gasteiger partial charge on any atom is 0.197 e. The molecule has 100 valence electrons. The quantitative estimate of drug-likeness (QED) is 0.895. The van der Waals surface area contributed by atoms with Crippen molar-refractivity contribution in [2.24, 2.45) is 4.99 Å². The molecule has 5 nitrogen and oxygen atoms in total. The molecule has 0 unspecified atom stereocenters. The highest BCUT2D eigenvalue weighted by Gasteiger charge is 2.23. The number of fused-ring (bicyclic) bond motifs is 1. The lowest BCUT2D eigenvalue weighted by atomic mass is 10.1. The summed E-state index contributed by atoms with van der Waals surface area (Å²) in [5.41, 5.74) is 1.83. The van der Waals surface area contributed by atoms with Crippen LogP contribution in [-0.2, 0) is 0 Å². The summed E-state index contributed by atoms with van der Waals surface area (Å²) in [5.74, 6) is 1.87. The standard InChI is InChI=1S/C15H13N3O2/c19-12-7-14(18-10-3-4-10)20-13(12)6-9-8-17-15-11(9)2-1-5-16-15/h1-2,5-8,10,18-19H,3-4H2. The lowest BCUT2D eigenvalue weighted by molar-refractivity contribution is 0.455. The molecule has 1 aliphatic heterocycles. The summed E-state index contributed by atoms with van der Waals surface area (Å²) in [6.45, 7) is 0. The number of hydrogen-bond donors (Lipinski definition) is 2. The molecule has 3 heterocycles. The number of aliphatic imine (C=N–C) groups is 1. The Balaban J connectivity index is 1.67. The van der Waals surface area contributed by atoms with Gasteiger partial charge in [-0.15, -0.1) is 0 Å². The van der Waals surface area contributed by atoms with Crippen molar-refractivity contribution in [3.63, 3.8) is 0 Å². The van der Waals surface area contributed by atoms with Crippen molar-refractivity contribution in [3.8, 4) is 5.75 Å². The molecule has 4 rings (SSSR count). The third kappa shape index (κ3) is 1.97. The predicted molar refractivity (Wildman–Crippen MR) is 77.3 cm³/mol. The fourth-order valence-electron chi connectivity index (χ4n) is 2.18. The number of nitrogens with zero attached hydrogens (tertiary/aromatic N) is 2. The van der Waals surface area contributed by atoms with Gasteiger partial charge in [0.1, 0.15) is 0 Å². The number of furan rings is 1. The van der Waals surface area contributed by atoms with Crippen LogP contribution in [0.25, 0.3) is 11.6 Å². The topological polar surface area (TPSA) is 70.7 Å². The number of hydrogen-bond acceptors (Lipinski definition) is 5. The van der Waals surface area contributed by atoms with Gasteiger partial charge in [0.2, 0.25) is 0 Å². The van der Waals surface area contributed by atoms with Crippen LogP contribution in [0.4, 0.5) is 11.7 Å². The Kier molecular flexibility index (Phi) is 2.39. The van der Waals surface area contributed by atoms with Gasteiger partial charge < -0.3 is 14.8 Å². The van der Waals surface area contributed by atoms with Gasteiger partial charge in [-0.2, -0.15) is 0 Å². The maximum absolute atomic E-state index is 9.93. The molecule has 1 saturated carbocycles. The fourth-order valence-corrected chi connectivity index (χ4v) is 2.18. The Morgan fingerprint density at radius 2 is 2.30 bits per heavy atom. The van der Waals surface area contributed by atoms with Crippen LogP contribution in [0.2, 0.25) is 0 Å². The zero-order valence-corrected chi connectivity index (χ0v) is 10.7. The number of anilines is 1. The second kappa shape index (κ2) is 4.23. The molecular formula is C15H13N3O2. The highest BCUT2D eigenvalue weighted by Crippen LogP contribution is 2.35. The number of rotatable bonds is 3. The molecule has 0 saturated heterocycles. The molecule has 0 aromatic carbocycles. The van der Waals surface area contributed by atoms with E-state index in [1.54, 1.807) is 24.6 Å². The summed E-state index contributed by atoms with van der Waals surface area (Å²) < 4.78 is 5.62. The van der Waals surface area contributed by atoms with Crippen LogP contribution in [0.1, 0.15) is 24.2 Å². The second-order valence-electron chi connectivity index (χ2n) is 5.01. The van der Waals surface area contributed by atoms with Crippen LogP contribution in [0.3, 0.4) is 0 Å². The number of allylic oxidation sites excluding steroid dienone is 1. The first-order valence-electron chi connectivity index (χ1n) is 6.60. The average Bonchev–Trinajstić information content (AvgIpc) is 3.07. The molecule has 2 aromatic heterocycles. The van der Waals surface area contributed by atoms with Gasteiger partial charge in [0, 0.05) is 35.7 Å². The van der Waals surface area contributed by atoms with Crippen LogP contribution >= 0.6 is 0 Å². The summed E-state index contributed by atoms with van der Waals surface area (Å²) >= 11 is 0. The molecule has 1 aliphatic carbocycles. The van der Waals surface area contributed by atoms with Gasteiger partial charge in [0.05, 0.1) is 0 Å². The molecule has 2 N–H and O–H groups in total. The third-order valence-electron chi connectivity index (χ3n) is 3.37. The minimum Gasteiger partial charge on any atom is -0.504 e. The maximum atomic E-state index is 9.93. The zero-order chi connectivity index (χ0) is 13.5. The van der Waals surface area contributed by atoms with Gasteiger partial charge in [-0.05, 0) is 31.1 Å². The first kappa shape index (κ1) is 11.3. The normalized spacial score (nSPS) is 18.5. The smallest absolute Gasteiger partial charge is 0.197 e. The van der Waals surface area contributed by atoms with E-state index in [1.807, 2.05) is 12.1 Å². The summed E-state index contributed by atoms with van der Waals surface area (Å²) in [5, 5.41) is 13.2. The van der Waals surface area contributed by atoms with Gasteiger partial charge in [-0.1, -0.05) is 0 Å². The molecule has 0 spiro atoms. The zero-order valence-electron chi connectivity index (χ0n) is 10.7. The average molecular weight is 267 g/mol. The highest BCUT2D eigenvalue weighted by molar-refractivity contribution is 6.20. The third-order valence-corrected chi connectivity index (χ3v) is 3.37. The molecular weight excluding hydrogens is 254 g/mol. The highest BCUT2D eigenvalue weighted by atomic mass is 16.4. The lowest BCUT2D eigenvalue weighted by Gasteiger charge is -1.98. The molecule has 5 heteroatoms. The molecule has 0 radical (unpaired) electrons. The van der Waals surface area contributed by atoms with E-state index in [0.29, 0.717) is 23.5 Å².